The van der Waals surface area contributed by atoms with Crippen molar-refractivity contribution >= 4 is 22.8 Å². The molecule has 2 heterocycles. The number of aliphatic carboxylic acids is 1. The molecule has 5 heteroatoms. The lowest BCUT2D eigenvalue weighted by molar-refractivity contribution is -0.146. The van der Waals surface area contributed by atoms with Gasteiger partial charge in [-0.3, -0.25) is 9.69 Å². The van der Waals surface area contributed by atoms with Gasteiger partial charge in [0.1, 0.15) is 5.70 Å². The molecule has 1 fully saturated rings. The number of carboxylic acids is 1. The highest BCUT2D eigenvalue weighted by Gasteiger charge is 2.46. The van der Waals surface area contributed by atoms with Gasteiger partial charge in [0, 0.05) is 0 Å². The summed E-state index contributed by atoms with van der Waals surface area (Å²) in [5, 5.41) is 9.68. The molecule has 1 N–H and O–H groups in total. The van der Waals surface area contributed by atoms with Gasteiger partial charge < -0.3 is 5.11 Å². The minimum atomic E-state index is -0.980. The maximum absolute atomic E-state index is 11.4. The lowest BCUT2D eigenvalue weighted by Gasteiger charge is -2.50. The zero-order valence-corrected chi connectivity index (χ0v) is 9.70. The maximum Gasteiger partial charge on any atom is 0.352 e. The number of carbonyl (C=O) groups is 2. The normalized spacial score (nSPS) is 32.1. The van der Waals surface area contributed by atoms with Crippen LogP contribution in [0.4, 0.5) is 0 Å². The van der Waals surface area contributed by atoms with Crippen molar-refractivity contribution in [2.24, 2.45) is 0 Å². The molecule has 0 aromatic heterocycles. The monoisotopic (exact) mass is 229 g/mol. The second-order valence-corrected chi connectivity index (χ2v) is 7.16. The third-order valence-electron chi connectivity index (χ3n) is 2.94. The second-order valence-electron chi connectivity index (χ2n) is 4.13. The predicted octanol–water partition coefficient (Wildman–Crippen LogP) is 0.937. The summed E-state index contributed by atoms with van der Waals surface area (Å²) in [6.07, 6.45) is 2.25. The van der Waals surface area contributed by atoms with Crippen LogP contribution in [0.15, 0.2) is 11.8 Å². The van der Waals surface area contributed by atoms with Crippen molar-refractivity contribution in [3.63, 3.8) is 0 Å². The highest BCUT2D eigenvalue weighted by molar-refractivity contribution is 8.18. The number of thiol groups is 1. The molecule has 2 aliphatic heterocycles. The SMILES string of the molecule is CC(C)[SH]1CC=C(C(=O)O)N2C(=O)CC21. The Hall–Kier alpha value is -0.970. The average Bonchev–Trinajstić information content (AvgIpc) is 2.14. The number of carbonyl (C=O) groups excluding carboxylic acids is 1. The summed E-state index contributed by atoms with van der Waals surface area (Å²) in [6, 6.07) is 0. The number of nitrogens with zero attached hydrogens (tertiary/aromatic N) is 1. The Balaban J connectivity index is 2.26. The number of fused-ring (bicyclic) bond motifs is 1. The fourth-order valence-corrected chi connectivity index (χ4v) is 4.79. The first-order valence-electron chi connectivity index (χ1n) is 5.03. The molecule has 2 rings (SSSR count). The largest absolute Gasteiger partial charge is 0.477 e. The van der Waals surface area contributed by atoms with E-state index in [2.05, 4.69) is 13.8 Å². The van der Waals surface area contributed by atoms with Gasteiger partial charge >= 0.3 is 5.97 Å². The lowest BCUT2D eigenvalue weighted by Crippen LogP contribution is -2.55. The van der Waals surface area contributed by atoms with Crippen molar-refractivity contribution in [1.82, 2.24) is 4.90 Å². The number of amides is 1. The molecular formula is C10H15NO3S. The Morgan fingerprint density at radius 1 is 1.67 bits per heavy atom. The van der Waals surface area contributed by atoms with Crippen molar-refractivity contribution in [3.05, 3.63) is 11.8 Å². The van der Waals surface area contributed by atoms with E-state index in [-0.39, 0.29) is 27.9 Å². The highest BCUT2D eigenvalue weighted by atomic mass is 32.2. The van der Waals surface area contributed by atoms with Crippen LogP contribution in [-0.4, -0.2) is 38.3 Å². The molecular weight excluding hydrogens is 214 g/mol. The number of hydrogen-bond donors (Lipinski definition) is 2. The van der Waals surface area contributed by atoms with Crippen LogP contribution in [0, 0.1) is 0 Å². The van der Waals surface area contributed by atoms with Gasteiger partial charge in [-0.2, -0.15) is 0 Å². The first-order chi connectivity index (χ1) is 7.02. The third-order valence-corrected chi connectivity index (χ3v) is 6.05. The molecule has 0 spiro atoms. The van der Waals surface area contributed by atoms with Crippen molar-refractivity contribution < 1.29 is 14.7 Å². The fourth-order valence-electron chi connectivity index (χ4n) is 2.12. The summed E-state index contributed by atoms with van der Waals surface area (Å²) >= 11 is 0. The Bertz CT molecular complexity index is 351. The smallest absolute Gasteiger partial charge is 0.352 e. The molecule has 0 aliphatic carbocycles. The molecule has 2 unspecified atom stereocenters. The number of hydrogen-bond acceptors (Lipinski definition) is 2. The standard InChI is InChI=1S/C10H15NO3S/c1-6(2)15-4-3-7(10(13)14)11-8(12)5-9(11)15/h3,6,9,15H,4-5H2,1-2H3,(H,13,14). The molecule has 2 aliphatic rings. The van der Waals surface area contributed by atoms with Crippen molar-refractivity contribution in [2.45, 2.75) is 30.9 Å². The van der Waals surface area contributed by atoms with E-state index in [1.807, 2.05) is 0 Å². The zero-order valence-electron chi connectivity index (χ0n) is 8.80. The van der Waals surface area contributed by atoms with Crippen LogP contribution >= 0.6 is 10.9 Å². The molecule has 1 saturated heterocycles. The quantitative estimate of drug-likeness (QED) is 0.547. The van der Waals surface area contributed by atoms with Crippen molar-refractivity contribution in [1.29, 1.82) is 0 Å². The van der Waals surface area contributed by atoms with Gasteiger partial charge in [-0.1, -0.05) is 13.8 Å². The van der Waals surface area contributed by atoms with E-state index < -0.39 is 5.97 Å². The maximum atomic E-state index is 11.4. The van der Waals surface area contributed by atoms with E-state index >= 15 is 0 Å². The van der Waals surface area contributed by atoms with E-state index in [0.717, 1.165) is 5.75 Å². The van der Waals surface area contributed by atoms with Crippen LogP contribution < -0.4 is 0 Å². The van der Waals surface area contributed by atoms with E-state index in [1.54, 1.807) is 6.08 Å². The Labute approximate surface area is 91.3 Å². The summed E-state index contributed by atoms with van der Waals surface area (Å²) in [6.45, 7) is 4.29. The van der Waals surface area contributed by atoms with Crippen LogP contribution in [0.1, 0.15) is 20.3 Å². The second kappa shape index (κ2) is 3.56. The summed E-state index contributed by atoms with van der Waals surface area (Å²) < 4.78 is 0. The molecule has 0 saturated carbocycles. The van der Waals surface area contributed by atoms with Crippen LogP contribution in [0.2, 0.25) is 0 Å². The Morgan fingerprint density at radius 2 is 2.33 bits per heavy atom. The molecule has 0 radical (unpaired) electrons. The molecule has 15 heavy (non-hydrogen) atoms. The summed E-state index contributed by atoms with van der Waals surface area (Å²) in [4.78, 5) is 23.8. The minimum absolute atomic E-state index is 0.0403. The topological polar surface area (TPSA) is 57.6 Å². The minimum Gasteiger partial charge on any atom is -0.477 e. The predicted molar refractivity (Wildman–Crippen MR) is 60.0 cm³/mol. The van der Waals surface area contributed by atoms with E-state index in [4.69, 9.17) is 5.11 Å². The summed E-state index contributed by atoms with van der Waals surface area (Å²) in [5.74, 6) is -0.184. The van der Waals surface area contributed by atoms with Crippen LogP contribution in [0.3, 0.4) is 0 Å². The van der Waals surface area contributed by atoms with Crippen LogP contribution in [0.25, 0.3) is 0 Å². The Morgan fingerprint density at radius 3 is 2.80 bits per heavy atom. The number of carboxylic acid groups (broad SMARTS) is 1. The van der Waals surface area contributed by atoms with E-state index in [0.29, 0.717) is 11.7 Å². The third kappa shape index (κ3) is 1.55. The van der Waals surface area contributed by atoms with Gasteiger partial charge in [0.15, 0.2) is 0 Å². The zero-order chi connectivity index (χ0) is 11.2. The Kier molecular flexibility index (Phi) is 2.50. The van der Waals surface area contributed by atoms with Gasteiger partial charge in [-0.25, -0.2) is 15.7 Å². The molecule has 4 nitrogen and oxygen atoms in total. The lowest BCUT2D eigenvalue weighted by atomic mass is 10.1. The number of rotatable bonds is 2. The first kappa shape index (κ1) is 10.5. The fraction of sp³-hybridized carbons (Fsp3) is 0.600. The number of β-lactam (4-membered cyclic amide) rings is 1. The van der Waals surface area contributed by atoms with Gasteiger partial charge in [0.05, 0.1) is 11.8 Å². The average molecular weight is 229 g/mol. The van der Waals surface area contributed by atoms with Crippen LogP contribution in [-0.2, 0) is 9.59 Å². The molecule has 1 amide bonds. The molecule has 2 atom stereocenters. The molecule has 0 aromatic carbocycles. The molecule has 0 bridgehead atoms. The molecule has 84 valence electrons. The first-order valence-corrected chi connectivity index (χ1v) is 6.70. The van der Waals surface area contributed by atoms with Gasteiger partial charge in [-0.05, 0) is 17.1 Å². The summed E-state index contributed by atoms with van der Waals surface area (Å²) in [5.41, 5.74) is 0.190. The molecule has 0 aromatic rings. The van der Waals surface area contributed by atoms with E-state index in [9.17, 15) is 9.59 Å². The van der Waals surface area contributed by atoms with Gasteiger partial charge in [0.2, 0.25) is 5.91 Å². The van der Waals surface area contributed by atoms with Crippen LogP contribution in [0.5, 0.6) is 0 Å². The van der Waals surface area contributed by atoms with E-state index in [1.165, 1.54) is 4.90 Å². The summed E-state index contributed by atoms with van der Waals surface area (Å²) in [7, 11) is -0.257. The van der Waals surface area contributed by atoms with Gasteiger partial charge in [0.25, 0.3) is 0 Å². The highest BCUT2D eigenvalue weighted by Crippen LogP contribution is 2.49. The van der Waals surface area contributed by atoms with Crippen molar-refractivity contribution in [2.75, 3.05) is 5.75 Å². The van der Waals surface area contributed by atoms with Crippen molar-refractivity contribution in [3.8, 4) is 0 Å². The van der Waals surface area contributed by atoms with Gasteiger partial charge in [-0.15, -0.1) is 0 Å².